The quantitative estimate of drug-likeness (QED) is 0.433. The van der Waals surface area contributed by atoms with Gasteiger partial charge in [0, 0.05) is 17.3 Å². The lowest BCUT2D eigenvalue weighted by Gasteiger charge is -2.20. The molecule has 30 heavy (non-hydrogen) atoms. The van der Waals surface area contributed by atoms with E-state index in [1.165, 1.54) is 7.11 Å². The van der Waals surface area contributed by atoms with Crippen molar-refractivity contribution in [2.45, 2.75) is 48.0 Å². The van der Waals surface area contributed by atoms with Crippen molar-refractivity contribution >= 4 is 24.2 Å². The van der Waals surface area contributed by atoms with Gasteiger partial charge in [0.25, 0.3) is 0 Å². The first-order chi connectivity index (χ1) is 13.9. The molecule has 2 aromatic rings. The van der Waals surface area contributed by atoms with Crippen LogP contribution in [-0.4, -0.2) is 30.3 Å². The van der Waals surface area contributed by atoms with Crippen LogP contribution in [0.2, 0.25) is 0 Å². The number of ether oxygens (including phenoxy) is 1. The topological polar surface area (TPSA) is 77.5 Å². The summed E-state index contributed by atoms with van der Waals surface area (Å²) in [6.45, 7) is 10.9. The highest BCUT2D eigenvalue weighted by Crippen LogP contribution is 2.54. The van der Waals surface area contributed by atoms with E-state index in [9.17, 15) is 18.9 Å². The monoisotopic (exact) mass is 428 g/mol. The Morgan fingerprint density at radius 2 is 1.07 bits per heavy atom. The van der Waals surface area contributed by atoms with Crippen LogP contribution in [0, 0.1) is 41.5 Å². The molecule has 2 aromatic carbocycles. The summed E-state index contributed by atoms with van der Waals surface area (Å²) in [6.07, 6.45) is -0.615. The van der Waals surface area contributed by atoms with Crippen molar-refractivity contribution in [1.29, 1.82) is 0 Å². The largest absolute Gasteiger partial charge is 0.469 e. The van der Waals surface area contributed by atoms with Crippen LogP contribution in [0.5, 0.6) is 0 Å². The number of hydrogen-bond donors (Lipinski definition) is 0. The predicted octanol–water partition coefficient (Wildman–Crippen LogP) is 5.44. The summed E-state index contributed by atoms with van der Waals surface area (Å²) < 4.78 is 18.8. The molecular weight excluding hydrogens is 399 g/mol. The third kappa shape index (κ3) is 4.62. The number of hydrogen-bond acceptors (Lipinski definition) is 5. The van der Waals surface area contributed by atoms with Crippen LogP contribution in [0.25, 0.3) is 0 Å². The maximum Gasteiger partial charge on any atom is 0.306 e. The van der Waals surface area contributed by atoms with Gasteiger partial charge in [-0.25, -0.2) is 0 Å². The van der Waals surface area contributed by atoms with Gasteiger partial charge in [-0.05, 0) is 63.8 Å². The molecule has 0 N–H and O–H groups in total. The molecule has 0 unspecified atom stereocenters. The number of methoxy groups -OCH3 is 1. The molecule has 2 rings (SSSR count). The number of aryl methyl sites for hydroxylation is 6. The van der Waals surface area contributed by atoms with Gasteiger partial charge < -0.3 is 9.30 Å². The standard InChI is InChI=1S/C24H29O5P/c1-14-10-16(3)21(17(4)11-14)23(26)30(28,9-8-20(25)29-7)24(27)22-18(5)12-15(2)13-19(22)6/h10-13H,8-9H2,1-7H3. The number of rotatable bonds is 7. The van der Waals surface area contributed by atoms with E-state index < -0.39 is 24.2 Å². The van der Waals surface area contributed by atoms with Crippen molar-refractivity contribution < 1.29 is 23.7 Å². The van der Waals surface area contributed by atoms with Crippen molar-refractivity contribution in [3.05, 3.63) is 68.8 Å². The minimum Gasteiger partial charge on any atom is -0.469 e. The van der Waals surface area contributed by atoms with Gasteiger partial charge in [-0.1, -0.05) is 35.4 Å². The molecule has 0 bridgehead atoms. The Labute approximate surface area is 178 Å². The van der Waals surface area contributed by atoms with E-state index in [1.807, 2.05) is 38.1 Å². The summed E-state index contributed by atoms with van der Waals surface area (Å²) in [6, 6.07) is 7.32. The smallest absolute Gasteiger partial charge is 0.306 e. The summed E-state index contributed by atoms with van der Waals surface area (Å²) in [7, 11) is -2.91. The van der Waals surface area contributed by atoms with Crippen LogP contribution in [0.4, 0.5) is 0 Å². The first kappa shape index (κ1) is 23.8. The van der Waals surface area contributed by atoms with Crippen molar-refractivity contribution in [1.82, 2.24) is 0 Å². The lowest BCUT2D eigenvalue weighted by atomic mass is 10.0. The fraction of sp³-hybridized carbons (Fsp3) is 0.375. The molecule has 5 nitrogen and oxygen atoms in total. The molecule has 6 heteroatoms. The van der Waals surface area contributed by atoms with Crippen molar-refractivity contribution in [2.75, 3.05) is 13.3 Å². The van der Waals surface area contributed by atoms with Crippen LogP contribution < -0.4 is 0 Å². The Hall–Kier alpha value is -2.52. The van der Waals surface area contributed by atoms with Crippen molar-refractivity contribution in [3.63, 3.8) is 0 Å². The summed E-state index contributed by atoms with van der Waals surface area (Å²) in [4.78, 5) is 38.9. The van der Waals surface area contributed by atoms with Crippen LogP contribution in [0.1, 0.15) is 60.5 Å². The average molecular weight is 428 g/mol. The van der Waals surface area contributed by atoms with Gasteiger partial charge in [0.15, 0.2) is 0 Å². The SMILES string of the molecule is COC(=O)CCP(=O)(C(=O)c1c(C)cc(C)cc1C)C(=O)c1c(C)cc(C)cc1C. The highest BCUT2D eigenvalue weighted by molar-refractivity contribution is 7.95. The molecule has 0 aromatic heterocycles. The first-order valence-corrected chi connectivity index (χ1v) is 11.7. The zero-order valence-electron chi connectivity index (χ0n) is 18.7. The minimum absolute atomic E-state index is 0.265. The molecule has 0 spiro atoms. The highest BCUT2D eigenvalue weighted by Gasteiger charge is 2.43. The van der Waals surface area contributed by atoms with Crippen LogP contribution in [0.3, 0.4) is 0 Å². The Balaban J connectivity index is 2.68. The molecular formula is C24H29O5P. The minimum atomic E-state index is -4.13. The summed E-state index contributed by atoms with van der Waals surface area (Å²) in [5.74, 6) is -0.606. The zero-order chi connectivity index (χ0) is 22.8. The van der Waals surface area contributed by atoms with Gasteiger partial charge in [-0.2, -0.15) is 0 Å². The molecule has 0 aliphatic heterocycles. The van der Waals surface area contributed by atoms with Gasteiger partial charge >= 0.3 is 5.97 Å². The van der Waals surface area contributed by atoms with E-state index in [1.54, 1.807) is 27.7 Å². The second kappa shape index (κ2) is 9.09. The van der Waals surface area contributed by atoms with E-state index in [0.717, 1.165) is 11.1 Å². The lowest BCUT2D eigenvalue weighted by molar-refractivity contribution is -0.140. The first-order valence-electron chi connectivity index (χ1n) is 9.83. The molecule has 0 saturated heterocycles. The molecule has 0 atom stereocenters. The van der Waals surface area contributed by atoms with E-state index in [2.05, 4.69) is 4.74 Å². The summed E-state index contributed by atoms with van der Waals surface area (Å²) in [5.41, 5.74) is 3.83. The molecule has 0 aliphatic rings. The molecule has 0 heterocycles. The zero-order valence-corrected chi connectivity index (χ0v) is 19.6. The maximum absolute atomic E-state index is 14.1. The number of carbonyl (C=O) groups is 3. The normalized spacial score (nSPS) is 11.3. The molecule has 0 radical (unpaired) electrons. The van der Waals surface area contributed by atoms with Crippen molar-refractivity contribution in [2.24, 2.45) is 0 Å². The number of benzene rings is 2. The second-order valence-electron chi connectivity index (χ2n) is 7.95. The number of esters is 1. The summed E-state index contributed by atoms with van der Waals surface area (Å²) in [5, 5.41) is 0. The van der Waals surface area contributed by atoms with Crippen molar-refractivity contribution in [3.8, 4) is 0 Å². The maximum atomic E-state index is 14.1. The highest BCUT2D eigenvalue weighted by atomic mass is 31.2. The predicted molar refractivity (Wildman–Crippen MR) is 119 cm³/mol. The second-order valence-corrected chi connectivity index (χ2v) is 10.7. The molecule has 0 saturated carbocycles. The van der Waals surface area contributed by atoms with Gasteiger partial charge in [0.1, 0.15) is 0 Å². The van der Waals surface area contributed by atoms with E-state index in [4.69, 9.17) is 0 Å². The average Bonchev–Trinajstić information content (AvgIpc) is 2.63. The molecule has 160 valence electrons. The van der Waals surface area contributed by atoms with Crippen LogP contribution >= 0.6 is 7.14 Å². The third-order valence-corrected chi connectivity index (χ3v) is 7.91. The fourth-order valence-electron chi connectivity index (χ4n) is 4.04. The van der Waals surface area contributed by atoms with Gasteiger partial charge in [0.2, 0.25) is 18.2 Å². The lowest BCUT2D eigenvalue weighted by Crippen LogP contribution is -2.19. The van der Waals surface area contributed by atoms with Crippen LogP contribution in [0.15, 0.2) is 24.3 Å². The third-order valence-electron chi connectivity index (χ3n) is 5.30. The molecule has 0 aliphatic carbocycles. The van der Waals surface area contributed by atoms with Gasteiger partial charge in [0.05, 0.1) is 13.5 Å². The Kier molecular flexibility index (Phi) is 7.20. The fourth-order valence-corrected chi connectivity index (χ4v) is 6.56. The molecule has 0 amide bonds. The Morgan fingerprint density at radius 3 is 1.37 bits per heavy atom. The van der Waals surface area contributed by atoms with Crippen LogP contribution in [-0.2, 0) is 14.1 Å². The van der Waals surface area contributed by atoms with Gasteiger partial charge in [-0.15, -0.1) is 0 Å². The Morgan fingerprint density at radius 1 is 0.733 bits per heavy atom. The molecule has 0 fully saturated rings. The van der Waals surface area contributed by atoms with Gasteiger partial charge in [-0.3, -0.25) is 14.4 Å². The van der Waals surface area contributed by atoms with E-state index in [0.29, 0.717) is 33.4 Å². The summed E-state index contributed by atoms with van der Waals surface area (Å²) >= 11 is 0. The number of carbonyl (C=O) groups excluding carboxylic acids is 3. The van der Waals surface area contributed by atoms with E-state index >= 15 is 0 Å². The Bertz CT molecular complexity index is 961. The van der Waals surface area contributed by atoms with E-state index in [-0.39, 0.29) is 12.6 Å².